The van der Waals surface area contributed by atoms with E-state index in [1.54, 1.807) is 23.1 Å². The van der Waals surface area contributed by atoms with Gasteiger partial charge in [0.05, 0.1) is 11.1 Å². The van der Waals surface area contributed by atoms with Crippen LogP contribution < -0.4 is 16.0 Å². The van der Waals surface area contributed by atoms with Gasteiger partial charge in [0, 0.05) is 38.3 Å². The normalized spacial score (nSPS) is 18.7. The van der Waals surface area contributed by atoms with Crippen LogP contribution in [-0.2, 0) is 22.7 Å². The molecule has 0 saturated carbocycles. The Labute approximate surface area is 208 Å². The molecule has 5 rings (SSSR count). The van der Waals surface area contributed by atoms with E-state index in [1.807, 2.05) is 24.3 Å². The molecule has 1 saturated heterocycles. The van der Waals surface area contributed by atoms with E-state index in [4.69, 9.17) is 0 Å². The maximum Gasteiger partial charge on any atom is 0.318 e. The van der Waals surface area contributed by atoms with Crippen molar-refractivity contribution in [3.63, 3.8) is 0 Å². The van der Waals surface area contributed by atoms with Crippen molar-refractivity contribution < 1.29 is 24.0 Å². The van der Waals surface area contributed by atoms with Crippen LogP contribution in [-0.4, -0.2) is 58.6 Å². The van der Waals surface area contributed by atoms with E-state index < -0.39 is 29.7 Å². The van der Waals surface area contributed by atoms with Gasteiger partial charge in [-0.15, -0.1) is 0 Å². The molecule has 3 N–H and O–H groups in total. The summed E-state index contributed by atoms with van der Waals surface area (Å²) >= 11 is 0. The Balaban J connectivity index is 1.11. The summed E-state index contributed by atoms with van der Waals surface area (Å²) in [5, 5.41) is 8.37. The topological polar surface area (TPSA) is 128 Å². The average molecular weight is 490 g/mol. The lowest BCUT2D eigenvalue weighted by Crippen LogP contribution is -2.54. The van der Waals surface area contributed by atoms with E-state index in [9.17, 15) is 24.0 Å². The van der Waals surface area contributed by atoms with Crippen molar-refractivity contribution >= 4 is 35.3 Å². The van der Waals surface area contributed by atoms with Crippen LogP contribution in [0.25, 0.3) is 0 Å². The van der Waals surface area contributed by atoms with Crippen LogP contribution in [0, 0.1) is 0 Å². The van der Waals surface area contributed by atoms with Crippen LogP contribution >= 0.6 is 0 Å². The first-order chi connectivity index (χ1) is 17.4. The smallest absolute Gasteiger partial charge is 0.318 e. The summed E-state index contributed by atoms with van der Waals surface area (Å²) in [5.41, 5.74) is 3.37. The van der Waals surface area contributed by atoms with Crippen molar-refractivity contribution in [1.29, 1.82) is 0 Å². The molecule has 36 heavy (non-hydrogen) atoms. The summed E-state index contributed by atoms with van der Waals surface area (Å²) in [6.45, 7) is 2.30. The van der Waals surface area contributed by atoms with Crippen LogP contribution in [0.3, 0.4) is 0 Å². The zero-order valence-electron chi connectivity index (χ0n) is 19.7. The second-order valence-corrected chi connectivity index (χ2v) is 9.17. The van der Waals surface area contributed by atoms with E-state index >= 15 is 0 Å². The summed E-state index contributed by atoms with van der Waals surface area (Å²) in [7, 11) is 0. The lowest BCUT2D eigenvalue weighted by Gasteiger charge is -2.27. The Morgan fingerprint density at radius 2 is 1.64 bits per heavy atom. The van der Waals surface area contributed by atoms with Gasteiger partial charge >= 0.3 is 6.03 Å². The Bertz CT molecular complexity index is 1230. The molecule has 0 aliphatic carbocycles. The number of amides is 6. The Kier molecular flexibility index (Phi) is 6.41. The molecule has 3 aliphatic heterocycles. The largest absolute Gasteiger partial charge is 0.384 e. The molecule has 3 aliphatic rings. The van der Waals surface area contributed by atoms with E-state index in [1.165, 1.54) is 11.1 Å². The second kappa shape index (κ2) is 9.80. The van der Waals surface area contributed by atoms with Crippen molar-refractivity contribution in [2.45, 2.75) is 44.8 Å². The number of urea groups is 1. The predicted octanol–water partition coefficient (Wildman–Crippen LogP) is 2.01. The van der Waals surface area contributed by atoms with Gasteiger partial charge in [0.25, 0.3) is 11.8 Å². The Morgan fingerprint density at radius 3 is 2.36 bits per heavy atom. The maximum absolute atomic E-state index is 13.1. The molecule has 2 aromatic rings. The standard InChI is InChI=1S/C26H27N5O5/c32-21-11-10-20(23(33)29-21)31-24(34)18-8-5-9-19(22(18)25(31)35)27-12-3-4-13-28-26(36)30-14-16-6-1-2-7-17(16)15-30/h1-2,5-9,20,27H,3-4,10-15H2,(H,28,36)(H,29,32,33). The number of unbranched alkanes of at least 4 members (excludes halogenated alkanes) is 1. The highest BCUT2D eigenvalue weighted by Crippen LogP contribution is 2.32. The maximum atomic E-state index is 13.1. The van der Waals surface area contributed by atoms with Gasteiger partial charge in [-0.05, 0) is 42.5 Å². The van der Waals surface area contributed by atoms with Crippen LogP contribution in [0.4, 0.5) is 10.5 Å². The number of piperidine rings is 1. The number of imide groups is 2. The molecule has 1 atom stereocenters. The minimum atomic E-state index is -0.991. The van der Waals surface area contributed by atoms with E-state index in [-0.39, 0.29) is 30.0 Å². The van der Waals surface area contributed by atoms with Crippen molar-refractivity contribution in [2.24, 2.45) is 0 Å². The summed E-state index contributed by atoms with van der Waals surface area (Å²) in [6, 6.07) is 11.9. The minimum absolute atomic E-state index is 0.0795. The molecular weight excluding hydrogens is 462 g/mol. The van der Waals surface area contributed by atoms with E-state index in [0.717, 1.165) is 17.7 Å². The first-order valence-corrected chi connectivity index (χ1v) is 12.1. The number of benzene rings is 2. The summed E-state index contributed by atoms with van der Waals surface area (Å²) in [6.07, 6.45) is 1.68. The number of carbonyl (C=O) groups is 5. The Hall–Kier alpha value is -4.21. The lowest BCUT2D eigenvalue weighted by molar-refractivity contribution is -0.136. The van der Waals surface area contributed by atoms with E-state index in [2.05, 4.69) is 16.0 Å². The number of carbonyl (C=O) groups excluding carboxylic acids is 5. The van der Waals surface area contributed by atoms with Gasteiger partial charge in [-0.25, -0.2) is 4.79 Å². The molecule has 0 spiro atoms. The van der Waals surface area contributed by atoms with Crippen molar-refractivity contribution in [3.8, 4) is 0 Å². The third-order valence-corrected chi connectivity index (χ3v) is 6.79. The van der Waals surface area contributed by atoms with Crippen LogP contribution in [0.1, 0.15) is 57.5 Å². The zero-order chi connectivity index (χ0) is 25.2. The molecule has 1 fully saturated rings. The predicted molar refractivity (Wildman–Crippen MR) is 130 cm³/mol. The number of anilines is 1. The molecule has 1 unspecified atom stereocenters. The number of nitrogens with zero attached hydrogens (tertiary/aromatic N) is 2. The van der Waals surface area contributed by atoms with Crippen LogP contribution in [0.2, 0.25) is 0 Å². The molecule has 0 aromatic heterocycles. The molecule has 0 bridgehead atoms. The third kappa shape index (κ3) is 4.41. The fraction of sp³-hybridized carbons (Fsp3) is 0.346. The lowest BCUT2D eigenvalue weighted by atomic mass is 10.0. The molecule has 10 nitrogen and oxygen atoms in total. The minimum Gasteiger partial charge on any atom is -0.384 e. The molecule has 3 heterocycles. The molecule has 186 valence electrons. The highest BCUT2D eigenvalue weighted by atomic mass is 16.2. The number of hydrogen-bond acceptors (Lipinski definition) is 6. The summed E-state index contributed by atoms with van der Waals surface area (Å²) < 4.78 is 0. The summed E-state index contributed by atoms with van der Waals surface area (Å²) in [4.78, 5) is 64.9. The number of nitrogens with one attached hydrogen (secondary N) is 3. The van der Waals surface area contributed by atoms with Crippen molar-refractivity contribution in [2.75, 3.05) is 18.4 Å². The van der Waals surface area contributed by atoms with Gasteiger partial charge in [-0.2, -0.15) is 0 Å². The highest BCUT2D eigenvalue weighted by Gasteiger charge is 2.45. The van der Waals surface area contributed by atoms with Crippen molar-refractivity contribution in [1.82, 2.24) is 20.4 Å². The van der Waals surface area contributed by atoms with Gasteiger partial charge in [-0.1, -0.05) is 30.3 Å². The molecule has 0 radical (unpaired) electrons. The summed E-state index contributed by atoms with van der Waals surface area (Å²) in [5.74, 6) is -2.10. The van der Waals surface area contributed by atoms with Gasteiger partial charge in [0.1, 0.15) is 6.04 Å². The Morgan fingerprint density at radius 1 is 0.917 bits per heavy atom. The fourth-order valence-electron chi connectivity index (χ4n) is 4.92. The van der Waals surface area contributed by atoms with Crippen LogP contribution in [0.15, 0.2) is 42.5 Å². The van der Waals surface area contributed by atoms with Gasteiger partial charge in [-0.3, -0.25) is 29.4 Å². The number of rotatable bonds is 7. The monoisotopic (exact) mass is 489 g/mol. The zero-order valence-corrected chi connectivity index (χ0v) is 19.7. The number of fused-ring (bicyclic) bond motifs is 2. The molecule has 6 amide bonds. The first kappa shape index (κ1) is 23.5. The molecule has 2 aromatic carbocycles. The quantitative estimate of drug-likeness (QED) is 0.403. The van der Waals surface area contributed by atoms with Gasteiger partial charge < -0.3 is 15.5 Å². The van der Waals surface area contributed by atoms with Gasteiger partial charge in [0.2, 0.25) is 11.8 Å². The van der Waals surface area contributed by atoms with Gasteiger partial charge in [0.15, 0.2) is 0 Å². The first-order valence-electron chi connectivity index (χ1n) is 12.1. The molecule has 10 heteroatoms. The third-order valence-electron chi connectivity index (χ3n) is 6.79. The highest BCUT2D eigenvalue weighted by molar-refractivity contribution is 6.25. The second-order valence-electron chi connectivity index (χ2n) is 9.17. The number of hydrogen-bond donors (Lipinski definition) is 3. The van der Waals surface area contributed by atoms with E-state index in [0.29, 0.717) is 31.9 Å². The SMILES string of the molecule is O=C1CCC(N2C(=O)c3cccc(NCCCCNC(=O)N4Cc5ccccc5C4)c3C2=O)C(=O)N1. The molecular formula is C26H27N5O5. The fourth-order valence-corrected chi connectivity index (χ4v) is 4.92. The van der Waals surface area contributed by atoms with Crippen molar-refractivity contribution in [3.05, 3.63) is 64.7 Å². The average Bonchev–Trinajstić information content (AvgIpc) is 3.41. The van der Waals surface area contributed by atoms with Crippen LogP contribution in [0.5, 0.6) is 0 Å².